The Morgan fingerprint density at radius 1 is 1.08 bits per heavy atom. The fraction of sp³-hybridized carbons (Fsp3) is 0.316. The van der Waals surface area contributed by atoms with Crippen molar-refractivity contribution in [1.82, 2.24) is 14.8 Å². The molecule has 1 aromatic carbocycles. The second-order valence-corrected chi connectivity index (χ2v) is 6.75. The summed E-state index contributed by atoms with van der Waals surface area (Å²) in [5.74, 6) is 0.648. The highest BCUT2D eigenvalue weighted by Gasteiger charge is 2.23. The Labute approximate surface area is 157 Å². The zero-order chi connectivity index (χ0) is 18.7. The highest BCUT2D eigenvalue weighted by atomic mass is 35.5. The smallest absolute Gasteiger partial charge is 0.255 e. The van der Waals surface area contributed by atoms with Crippen molar-refractivity contribution in [2.24, 2.45) is 0 Å². The van der Waals surface area contributed by atoms with Gasteiger partial charge in [-0.3, -0.25) is 9.59 Å². The third-order valence-electron chi connectivity index (χ3n) is 4.47. The van der Waals surface area contributed by atoms with Crippen LogP contribution in [0.1, 0.15) is 22.8 Å². The van der Waals surface area contributed by atoms with E-state index < -0.39 is 0 Å². The van der Waals surface area contributed by atoms with Gasteiger partial charge in [-0.2, -0.15) is 0 Å². The van der Waals surface area contributed by atoms with Crippen LogP contribution < -0.4 is 5.32 Å². The van der Waals surface area contributed by atoms with Gasteiger partial charge in [0.1, 0.15) is 5.82 Å². The van der Waals surface area contributed by atoms with E-state index in [4.69, 9.17) is 11.6 Å². The minimum Gasteiger partial charge on any atom is -0.340 e. The molecule has 1 fully saturated rings. The lowest BCUT2D eigenvalue weighted by molar-refractivity contribution is -0.130. The number of halogens is 1. The number of benzene rings is 1. The van der Waals surface area contributed by atoms with E-state index in [0.29, 0.717) is 42.6 Å². The highest BCUT2D eigenvalue weighted by Crippen LogP contribution is 2.22. The van der Waals surface area contributed by atoms with Crippen LogP contribution in [-0.2, 0) is 4.79 Å². The van der Waals surface area contributed by atoms with E-state index in [2.05, 4.69) is 10.3 Å². The van der Waals surface area contributed by atoms with Crippen LogP contribution in [0.4, 0.5) is 11.5 Å². The van der Waals surface area contributed by atoms with Gasteiger partial charge >= 0.3 is 0 Å². The Balaban J connectivity index is 1.64. The standard InChI is InChI=1S/C19H21ClN4O2/c1-13-11-16(20)4-5-17(13)22-18-6-3-15(12-21-18)19(26)24-9-7-23(8-10-24)14(2)25/h3-6,11-12H,7-10H2,1-2H3,(H,21,22). The molecule has 0 spiro atoms. The molecular weight excluding hydrogens is 352 g/mol. The number of hydrogen-bond acceptors (Lipinski definition) is 4. The Morgan fingerprint density at radius 3 is 2.35 bits per heavy atom. The molecule has 136 valence electrons. The minimum absolute atomic E-state index is 0.0479. The summed E-state index contributed by atoms with van der Waals surface area (Å²) in [6.45, 7) is 5.75. The summed E-state index contributed by atoms with van der Waals surface area (Å²) in [7, 11) is 0. The van der Waals surface area contributed by atoms with Crippen molar-refractivity contribution in [3.8, 4) is 0 Å². The molecule has 0 bridgehead atoms. The summed E-state index contributed by atoms with van der Waals surface area (Å²) in [5.41, 5.74) is 2.48. The number of rotatable bonds is 3. The van der Waals surface area contributed by atoms with E-state index in [-0.39, 0.29) is 11.8 Å². The van der Waals surface area contributed by atoms with Crippen LogP contribution in [0, 0.1) is 6.92 Å². The average molecular weight is 373 g/mol. The first-order valence-corrected chi connectivity index (χ1v) is 8.86. The second-order valence-electron chi connectivity index (χ2n) is 6.31. The predicted octanol–water partition coefficient (Wildman–Crippen LogP) is 3.09. The molecule has 2 heterocycles. The lowest BCUT2D eigenvalue weighted by Crippen LogP contribution is -2.50. The fourth-order valence-corrected chi connectivity index (χ4v) is 3.13. The van der Waals surface area contributed by atoms with Crippen LogP contribution in [0.15, 0.2) is 36.5 Å². The minimum atomic E-state index is -0.0603. The lowest BCUT2D eigenvalue weighted by Gasteiger charge is -2.34. The van der Waals surface area contributed by atoms with Crippen molar-refractivity contribution in [2.75, 3.05) is 31.5 Å². The van der Waals surface area contributed by atoms with Gasteiger partial charge in [0.2, 0.25) is 5.91 Å². The molecule has 0 atom stereocenters. The molecule has 0 radical (unpaired) electrons. The molecule has 0 saturated carbocycles. The number of carbonyl (C=O) groups excluding carboxylic acids is 2. The summed E-state index contributed by atoms with van der Waals surface area (Å²) < 4.78 is 0. The molecule has 6 nitrogen and oxygen atoms in total. The molecule has 1 N–H and O–H groups in total. The number of amides is 2. The highest BCUT2D eigenvalue weighted by molar-refractivity contribution is 6.30. The fourth-order valence-electron chi connectivity index (χ4n) is 2.91. The quantitative estimate of drug-likeness (QED) is 0.899. The van der Waals surface area contributed by atoms with E-state index >= 15 is 0 Å². The van der Waals surface area contributed by atoms with E-state index in [1.807, 2.05) is 25.1 Å². The van der Waals surface area contributed by atoms with Crippen molar-refractivity contribution in [3.63, 3.8) is 0 Å². The maximum absolute atomic E-state index is 12.6. The summed E-state index contributed by atoms with van der Waals surface area (Å²) in [6, 6.07) is 9.14. The monoisotopic (exact) mass is 372 g/mol. The number of aryl methyl sites for hydroxylation is 1. The summed E-state index contributed by atoms with van der Waals surface area (Å²) in [4.78, 5) is 31.8. The van der Waals surface area contributed by atoms with E-state index in [1.165, 1.54) is 0 Å². The number of pyridine rings is 1. The summed E-state index contributed by atoms with van der Waals surface area (Å²) in [6.07, 6.45) is 1.58. The lowest BCUT2D eigenvalue weighted by atomic mass is 10.2. The Hall–Kier alpha value is -2.60. The Bertz CT molecular complexity index is 815. The normalized spacial score (nSPS) is 14.3. The summed E-state index contributed by atoms with van der Waals surface area (Å²) >= 11 is 5.97. The SMILES string of the molecule is CC(=O)N1CCN(C(=O)c2ccc(Nc3ccc(Cl)cc3C)nc2)CC1. The maximum atomic E-state index is 12.6. The molecule has 0 unspecified atom stereocenters. The van der Waals surface area contributed by atoms with E-state index in [9.17, 15) is 9.59 Å². The Morgan fingerprint density at radius 2 is 1.77 bits per heavy atom. The predicted molar refractivity (Wildman–Crippen MR) is 102 cm³/mol. The molecule has 3 rings (SSSR count). The van der Waals surface area contributed by atoms with Gasteiger partial charge in [0, 0.05) is 50.0 Å². The van der Waals surface area contributed by atoms with Gasteiger partial charge in [0.05, 0.1) is 5.56 Å². The average Bonchev–Trinajstić information content (AvgIpc) is 2.64. The van der Waals surface area contributed by atoms with Gasteiger partial charge in [0.15, 0.2) is 0 Å². The third-order valence-corrected chi connectivity index (χ3v) is 4.71. The first kappa shape index (κ1) is 18.2. The molecule has 7 heteroatoms. The van der Waals surface area contributed by atoms with Crippen molar-refractivity contribution in [2.45, 2.75) is 13.8 Å². The van der Waals surface area contributed by atoms with Crippen molar-refractivity contribution in [3.05, 3.63) is 52.7 Å². The number of piperazine rings is 1. The van der Waals surface area contributed by atoms with Gasteiger partial charge in [-0.1, -0.05) is 11.6 Å². The number of nitrogens with zero attached hydrogens (tertiary/aromatic N) is 3. The Kier molecular flexibility index (Phi) is 5.42. The molecule has 1 aliphatic rings. The van der Waals surface area contributed by atoms with Crippen LogP contribution in [0.2, 0.25) is 5.02 Å². The number of carbonyl (C=O) groups is 2. The summed E-state index contributed by atoms with van der Waals surface area (Å²) in [5, 5.41) is 3.91. The van der Waals surface area contributed by atoms with Crippen molar-refractivity contribution in [1.29, 1.82) is 0 Å². The van der Waals surface area contributed by atoms with Crippen LogP contribution in [0.5, 0.6) is 0 Å². The van der Waals surface area contributed by atoms with Crippen LogP contribution in [0.3, 0.4) is 0 Å². The van der Waals surface area contributed by atoms with Crippen LogP contribution in [-0.4, -0.2) is 52.8 Å². The molecule has 26 heavy (non-hydrogen) atoms. The molecule has 1 aromatic heterocycles. The van der Waals surface area contributed by atoms with Gasteiger partial charge < -0.3 is 15.1 Å². The third kappa shape index (κ3) is 4.14. The number of aromatic nitrogens is 1. The molecule has 1 aliphatic heterocycles. The number of nitrogens with one attached hydrogen (secondary N) is 1. The molecule has 0 aliphatic carbocycles. The van der Waals surface area contributed by atoms with Gasteiger partial charge in [-0.05, 0) is 42.8 Å². The van der Waals surface area contributed by atoms with E-state index in [0.717, 1.165) is 11.3 Å². The van der Waals surface area contributed by atoms with E-state index in [1.54, 1.807) is 35.1 Å². The van der Waals surface area contributed by atoms with Crippen molar-refractivity contribution < 1.29 is 9.59 Å². The molecular formula is C19H21ClN4O2. The first-order chi connectivity index (χ1) is 12.4. The molecule has 1 saturated heterocycles. The topological polar surface area (TPSA) is 65.5 Å². The van der Waals surface area contributed by atoms with Crippen LogP contribution in [0.25, 0.3) is 0 Å². The maximum Gasteiger partial charge on any atom is 0.255 e. The molecule has 2 aromatic rings. The second kappa shape index (κ2) is 7.74. The van der Waals surface area contributed by atoms with Gasteiger partial charge in [-0.25, -0.2) is 4.98 Å². The number of anilines is 2. The largest absolute Gasteiger partial charge is 0.340 e. The van der Waals surface area contributed by atoms with Crippen molar-refractivity contribution >= 4 is 34.9 Å². The van der Waals surface area contributed by atoms with Gasteiger partial charge in [-0.15, -0.1) is 0 Å². The zero-order valence-corrected chi connectivity index (χ0v) is 15.6. The zero-order valence-electron chi connectivity index (χ0n) is 14.8. The van der Waals surface area contributed by atoms with Crippen LogP contribution >= 0.6 is 11.6 Å². The van der Waals surface area contributed by atoms with Gasteiger partial charge in [0.25, 0.3) is 5.91 Å². The molecule has 2 amide bonds. The number of hydrogen-bond donors (Lipinski definition) is 1. The first-order valence-electron chi connectivity index (χ1n) is 8.48.